The molecule has 0 heterocycles. The molecular weight excluding hydrogens is 288 g/mol. The summed E-state index contributed by atoms with van der Waals surface area (Å²) in [5.74, 6) is 0.520. The number of carbonyl (C=O) groups excluding carboxylic acids is 1. The maximum absolute atomic E-state index is 11.7. The van der Waals surface area contributed by atoms with Gasteiger partial charge >= 0.3 is 0 Å². The van der Waals surface area contributed by atoms with Crippen molar-refractivity contribution in [3.63, 3.8) is 0 Å². The average molecular weight is 305 g/mol. The van der Waals surface area contributed by atoms with Gasteiger partial charge in [-0.25, -0.2) is 0 Å². The maximum atomic E-state index is 11.7. The molecule has 0 aromatic heterocycles. The van der Waals surface area contributed by atoms with Crippen LogP contribution in [0.1, 0.15) is 6.42 Å². The second kappa shape index (κ2) is 8.14. The highest BCUT2D eigenvalue weighted by Crippen LogP contribution is 2.24. The van der Waals surface area contributed by atoms with Crippen molar-refractivity contribution < 1.29 is 13.7 Å². The van der Waals surface area contributed by atoms with E-state index < -0.39 is 10.8 Å². The van der Waals surface area contributed by atoms with E-state index in [0.717, 1.165) is 0 Å². The lowest BCUT2D eigenvalue weighted by Gasteiger charge is -2.07. The zero-order valence-corrected chi connectivity index (χ0v) is 12.2. The molecule has 0 aliphatic carbocycles. The number of nitrogens with one attached hydrogen (secondary N) is 1. The van der Waals surface area contributed by atoms with Crippen molar-refractivity contribution >= 4 is 39.7 Å². The second-order valence-electron chi connectivity index (χ2n) is 3.88. The van der Waals surface area contributed by atoms with Crippen LogP contribution >= 0.6 is 11.6 Å². The van der Waals surface area contributed by atoms with Gasteiger partial charge in [-0.2, -0.15) is 0 Å². The summed E-state index contributed by atoms with van der Waals surface area (Å²) in [5.41, 5.74) is 6.59. The molecule has 0 aliphatic heterocycles. The van der Waals surface area contributed by atoms with E-state index in [1.165, 1.54) is 0 Å². The lowest BCUT2D eigenvalue weighted by molar-refractivity contribution is -0.115. The highest BCUT2D eigenvalue weighted by molar-refractivity contribution is 7.85. The van der Waals surface area contributed by atoms with Crippen LogP contribution in [0.25, 0.3) is 0 Å². The van der Waals surface area contributed by atoms with Gasteiger partial charge in [-0.1, -0.05) is 11.6 Å². The van der Waals surface area contributed by atoms with E-state index in [0.29, 0.717) is 34.5 Å². The number of nitrogens with two attached hydrogens (primary N) is 1. The Labute approximate surface area is 119 Å². The highest BCUT2D eigenvalue weighted by atomic mass is 35.5. The smallest absolute Gasteiger partial charge is 0.225 e. The molecule has 7 heteroatoms. The summed E-state index contributed by atoms with van der Waals surface area (Å²) < 4.78 is 16.3. The molecule has 0 saturated carbocycles. The molecule has 1 unspecified atom stereocenters. The second-order valence-corrected chi connectivity index (χ2v) is 5.98. The van der Waals surface area contributed by atoms with Gasteiger partial charge in [0.15, 0.2) is 0 Å². The number of hydrogen-bond donors (Lipinski definition) is 2. The first-order chi connectivity index (χ1) is 9.02. The number of amides is 1. The van der Waals surface area contributed by atoms with Crippen molar-refractivity contribution in [2.75, 3.05) is 36.3 Å². The van der Waals surface area contributed by atoms with Gasteiger partial charge in [-0.15, -0.1) is 0 Å². The topological polar surface area (TPSA) is 81.4 Å². The van der Waals surface area contributed by atoms with Gasteiger partial charge in [-0.05, 0) is 18.2 Å². The SMILES string of the molecule is COCCS(=O)CCC(=O)Nc1ccc(N)cc1Cl. The van der Waals surface area contributed by atoms with Crippen molar-refractivity contribution in [3.05, 3.63) is 23.2 Å². The summed E-state index contributed by atoms with van der Waals surface area (Å²) in [5, 5.41) is 3.04. The average Bonchev–Trinajstić information content (AvgIpc) is 2.37. The molecule has 0 aliphatic rings. The first kappa shape index (κ1) is 15.9. The molecule has 0 spiro atoms. The quantitative estimate of drug-likeness (QED) is 0.750. The van der Waals surface area contributed by atoms with E-state index in [9.17, 15) is 9.00 Å². The minimum atomic E-state index is -1.05. The third kappa shape index (κ3) is 6.04. The molecule has 0 fully saturated rings. The molecule has 3 N–H and O–H groups in total. The third-order valence-corrected chi connectivity index (χ3v) is 3.93. The number of carbonyl (C=O) groups is 1. The van der Waals surface area contributed by atoms with Gasteiger partial charge in [0.1, 0.15) is 0 Å². The summed E-state index contributed by atoms with van der Waals surface area (Å²) in [6.45, 7) is 0.429. The van der Waals surface area contributed by atoms with E-state index in [-0.39, 0.29) is 12.3 Å². The standard InChI is InChI=1S/C12H17ClN2O3S/c1-18-5-7-19(17)6-4-12(16)15-11-3-2-9(14)8-10(11)13/h2-3,8H,4-7,14H2,1H3,(H,15,16). The molecule has 0 saturated heterocycles. The molecule has 1 atom stereocenters. The Balaban J connectivity index is 2.41. The molecule has 106 valence electrons. The number of methoxy groups -OCH3 is 1. The zero-order valence-electron chi connectivity index (χ0n) is 10.6. The predicted molar refractivity (Wildman–Crippen MR) is 78.9 cm³/mol. The summed E-state index contributed by atoms with van der Waals surface area (Å²) in [4.78, 5) is 11.7. The minimum Gasteiger partial charge on any atom is -0.399 e. The fraction of sp³-hybridized carbons (Fsp3) is 0.417. The Morgan fingerprint density at radius 1 is 1.47 bits per heavy atom. The number of ether oxygens (including phenoxy) is 1. The molecule has 1 amide bonds. The van der Waals surface area contributed by atoms with E-state index in [4.69, 9.17) is 22.1 Å². The summed E-state index contributed by atoms with van der Waals surface area (Å²) in [6.07, 6.45) is 0.178. The van der Waals surface area contributed by atoms with Crippen molar-refractivity contribution in [2.24, 2.45) is 0 Å². The Morgan fingerprint density at radius 3 is 2.84 bits per heavy atom. The van der Waals surface area contributed by atoms with Crippen molar-refractivity contribution in [2.45, 2.75) is 6.42 Å². The van der Waals surface area contributed by atoms with Gasteiger partial charge in [-0.3, -0.25) is 9.00 Å². The van der Waals surface area contributed by atoms with Gasteiger partial charge in [0.2, 0.25) is 5.91 Å². The van der Waals surface area contributed by atoms with E-state index in [2.05, 4.69) is 5.32 Å². The largest absolute Gasteiger partial charge is 0.399 e. The van der Waals surface area contributed by atoms with Crippen LogP contribution in [0.5, 0.6) is 0 Å². The predicted octanol–water partition coefficient (Wildman–Crippen LogP) is 1.65. The number of anilines is 2. The Morgan fingerprint density at radius 2 is 2.21 bits per heavy atom. The fourth-order valence-corrected chi connectivity index (χ4v) is 2.54. The Hall–Kier alpha value is -1.11. The fourth-order valence-electron chi connectivity index (χ4n) is 1.33. The van der Waals surface area contributed by atoms with E-state index >= 15 is 0 Å². The molecule has 5 nitrogen and oxygen atoms in total. The van der Waals surface area contributed by atoms with Crippen LogP contribution in [-0.2, 0) is 20.3 Å². The minimum absolute atomic E-state index is 0.178. The van der Waals surface area contributed by atoms with Crippen molar-refractivity contribution in [1.29, 1.82) is 0 Å². The summed E-state index contributed by atoms with van der Waals surface area (Å²) >= 11 is 5.93. The number of hydrogen-bond acceptors (Lipinski definition) is 4. The van der Waals surface area contributed by atoms with Gasteiger partial charge in [0.25, 0.3) is 0 Å². The maximum Gasteiger partial charge on any atom is 0.225 e. The Kier molecular flexibility index (Phi) is 6.83. The van der Waals surface area contributed by atoms with Crippen LogP contribution in [0.4, 0.5) is 11.4 Å². The molecule has 0 bridgehead atoms. The van der Waals surface area contributed by atoms with Gasteiger partial charge < -0.3 is 15.8 Å². The lowest BCUT2D eigenvalue weighted by Crippen LogP contribution is -2.17. The molecule has 0 radical (unpaired) electrons. The van der Waals surface area contributed by atoms with Crippen molar-refractivity contribution in [3.8, 4) is 0 Å². The van der Waals surface area contributed by atoms with Gasteiger partial charge in [0, 0.05) is 41.5 Å². The third-order valence-electron chi connectivity index (χ3n) is 2.34. The van der Waals surface area contributed by atoms with Crippen molar-refractivity contribution in [1.82, 2.24) is 0 Å². The number of rotatable bonds is 7. The first-order valence-electron chi connectivity index (χ1n) is 5.71. The number of halogens is 1. The normalized spacial score (nSPS) is 12.1. The van der Waals surface area contributed by atoms with Crippen LogP contribution in [0.2, 0.25) is 5.02 Å². The monoisotopic (exact) mass is 304 g/mol. The van der Waals surface area contributed by atoms with Crippen LogP contribution in [0.15, 0.2) is 18.2 Å². The molecule has 1 aromatic carbocycles. The molecule has 1 aromatic rings. The highest BCUT2D eigenvalue weighted by Gasteiger charge is 2.08. The molecule has 19 heavy (non-hydrogen) atoms. The van der Waals surface area contributed by atoms with Gasteiger partial charge in [0.05, 0.1) is 17.3 Å². The van der Waals surface area contributed by atoms with Crippen LogP contribution in [0.3, 0.4) is 0 Å². The first-order valence-corrected chi connectivity index (χ1v) is 7.58. The van der Waals surface area contributed by atoms with Crippen LogP contribution in [-0.4, -0.2) is 35.3 Å². The van der Waals surface area contributed by atoms with Crippen LogP contribution in [0, 0.1) is 0 Å². The number of benzene rings is 1. The number of nitrogen functional groups attached to an aromatic ring is 1. The zero-order chi connectivity index (χ0) is 14.3. The van der Waals surface area contributed by atoms with E-state index in [1.807, 2.05) is 0 Å². The van der Waals surface area contributed by atoms with Crippen LogP contribution < -0.4 is 11.1 Å². The summed E-state index contributed by atoms with van der Waals surface area (Å²) in [7, 11) is 0.502. The molecule has 1 rings (SSSR count). The lowest BCUT2D eigenvalue weighted by atomic mass is 10.3. The van der Waals surface area contributed by atoms with E-state index in [1.54, 1.807) is 25.3 Å². The Bertz CT molecular complexity index is 468. The summed E-state index contributed by atoms with van der Waals surface area (Å²) in [6, 6.07) is 4.85. The molecular formula is C12H17ClN2O3S.